The summed E-state index contributed by atoms with van der Waals surface area (Å²) in [4.78, 5) is 3.31. The van der Waals surface area contributed by atoms with Gasteiger partial charge in [0.15, 0.2) is 0 Å². The predicted molar refractivity (Wildman–Crippen MR) is 46.6 cm³/mol. The summed E-state index contributed by atoms with van der Waals surface area (Å²) in [5.74, 6) is 0. The van der Waals surface area contributed by atoms with Crippen molar-refractivity contribution in [3.05, 3.63) is 6.33 Å². The van der Waals surface area contributed by atoms with Gasteiger partial charge in [0, 0.05) is 14.1 Å². The third-order valence-electron chi connectivity index (χ3n) is 1.32. The van der Waals surface area contributed by atoms with Crippen molar-refractivity contribution < 1.29 is 16.8 Å². The Labute approximate surface area is 82.3 Å². The van der Waals surface area contributed by atoms with Gasteiger partial charge >= 0.3 is 10.2 Å². The second kappa shape index (κ2) is 3.63. The van der Waals surface area contributed by atoms with Gasteiger partial charge < -0.3 is 0 Å². The molecule has 0 amide bonds. The molecule has 0 aliphatic heterocycles. The van der Waals surface area contributed by atoms with Gasteiger partial charge in [0.2, 0.25) is 10.7 Å². The monoisotopic (exact) mass is 240 g/mol. The van der Waals surface area contributed by atoms with Crippen LogP contribution in [0.2, 0.25) is 0 Å². The largest absolute Gasteiger partial charge is 0.323 e. The zero-order valence-electron chi connectivity index (χ0n) is 7.35. The van der Waals surface area contributed by atoms with Gasteiger partial charge in [0.05, 0.1) is 0 Å². The summed E-state index contributed by atoms with van der Waals surface area (Å²) in [6.45, 7) is 0. The van der Waals surface area contributed by atoms with Gasteiger partial charge in [0.1, 0.15) is 6.33 Å². The highest BCUT2D eigenvalue weighted by atomic mass is 32.2. The van der Waals surface area contributed by atoms with E-state index in [-0.39, 0.29) is 0 Å². The highest BCUT2D eigenvalue weighted by Crippen LogP contribution is 1.99. The summed E-state index contributed by atoms with van der Waals surface area (Å²) in [7, 11) is -4.15. The van der Waals surface area contributed by atoms with Crippen molar-refractivity contribution in [1.82, 2.24) is 18.5 Å². The van der Waals surface area contributed by atoms with Crippen LogP contribution >= 0.6 is 0 Å². The van der Waals surface area contributed by atoms with Crippen LogP contribution < -0.4 is 0 Å². The van der Waals surface area contributed by atoms with Crippen molar-refractivity contribution in [3.8, 4) is 0 Å². The predicted octanol–water partition coefficient (Wildman–Crippen LogP) is -2.10. The second-order valence-corrected chi connectivity index (χ2v) is 5.38. The minimum Gasteiger partial charge on any atom is -0.223 e. The topological polar surface area (TPSA) is 102 Å². The molecule has 0 aromatic carbocycles. The summed E-state index contributed by atoms with van der Waals surface area (Å²) in [6, 6.07) is 0. The third kappa shape index (κ3) is 1.91. The van der Waals surface area contributed by atoms with Crippen molar-refractivity contribution in [2.45, 2.75) is 5.16 Å². The maximum absolute atomic E-state index is 11.4. The normalized spacial score (nSPS) is 12.6. The summed E-state index contributed by atoms with van der Waals surface area (Å²) >= 11 is 0. The van der Waals surface area contributed by atoms with Gasteiger partial charge in [-0.1, -0.05) is 0 Å². The van der Waals surface area contributed by atoms with Gasteiger partial charge in [-0.25, -0.2) is 13.4 Å². The highest BCUT2D eigenvalue weighted by Gasteiger charge is 2.18. The van der Waals surface area contributed by atoms with Crippen LogP contribution in [0.25, 0.3) is 0 Å². The van der Waals surface area contributed by atoms with Crippen molar-refractivity contribution in [2.75, 3.05) is 14.1 Å². The van der Waals surface area contributed by atoms with Gasteiger partial charge in [-0.2, -0.15) is 12.7 Å². The molecule has 0 aliphatic rings. The Morgan fingerprint density at radius 1 is 1.43 bits per heavy atom. The van der Waals surface area contributed by atoms with Crippen molar-refractivity contribution in [3.63, 3.8) is 0 Å². The lowest BCUT2D eigenvalue weighted by Gasteiger charge is -2.08. The summed E-state index contributed by atoms with van der Waals surface area (Å²) in [5, 5.41) is 2.76. The fourth-order valence-corrected chi connectivity index (χ4v) is 1.66. The number of rotatable bonds is 3. The fraction of sp³-hybridized carbons (Fsp3) is 0.500. The first-order valence-corrected chi connectivity index (χ1v) is 5.92. The van der Waals surface area contributed by atoms with E-state index in [1.165, 1.54) is 14.1 Å². The Hall–Kier alpha value is -1.00. The average Bonchev–Trinajstić information content (AvgIpc) is 2.51. The standard InChI is InChI=1S/C4H8N4O4S2/c1-7(2)14(11,12)8-3-5-4(6-8)13(9)10/h3,13H,1-2H3. The Bertz CT molecular complexity index is 491. The average molecular weight is 240 g/mol. The van der Waals surface area contributed by atoms with Crippen LogP contribution in [0.4, 0.5) is 0 Å². The number of nitrogens with zero attached hydrogens (tertiary/aromatic N) is 4. The van der Waals surface area contributed by atoms with Crippen molar-refractivity contribution in [1.29, 1.82) is 0 Å². The lowest BCUT2D eigenvalue weighted by atomic mass is 11.3. The van der Waals surface area contributed by atoms with Gasteiger partial charge in [-0.3, -0.25) is 0 Å². The zero-order valence-corrected chi connectivity index (χ0v) is 9.07. The van der Waals surface area contributed by atoms with E-state index in [0.717, 1.165) is 10.6 Å². The maximum Gasteiger partial charge on any atom is 0.323 e. The van der Waals surface area contributed by atoms with E-state index in [9.17, 15) is 16.8 Å². The first-order chi connectivity index (χ1) is 6.35. The molecule has 0 saturated heterocycles. The number of hydrogen-bond acceptors (Lipinski definition) is 6. The molecule has 0 aliphatic carbocycles. The molecular weight excluding hydrogens is 232 g/mol. The summed E-state index contributed by atoms with van der Waals surface area (Å²) in [5.41, 5.74) is 0. The van der Waals surface area contributed by atoms with Crippen LogP contribution in [-0.4, -0.2) is 49.4 Å². The highest BCUT2D eigenvalue weighted by molar-refractivity contribution is 7.87. The zero-order chi connectivity index (χ0) is 10.9. The number of thiol groups is 1. The SMILES string of the molecule is CN(C)S(=O)(=O)n1cnc([SH](=O)=O)n1. The van der Waals surface area contributed by atoms with Gasteiger partial charge in [-0.15, -0.1) is 9.19 Å². The van der Waals surface area contributed by atoms with Crippen LogP contribution in [0.3, 0.4) is 0 Å². The third-order valence-corrected chi connectivity index (χ3v) is 3.42. The molecule has 10 heteroatoms. The summed E-state index contributed by atoms with van der Waals surface area (Å²) in [6.07, 6.45) is 0.829. The Morgan fingerprint density at radius 2 is 2.00 bits per heavy atom. The molecular formula is C4H8N4O4S2. The van der Waals surface area contributed by atoms with Crippen molar-refractivity contribution >= 4 is 20.9 Å². The molecule has 0 saturated carbocycles. The van der Waals surface area contributed by atoms with Crippen LogP contribution in [0, 0.1) is 0 Å². The summed E-state index contributed by atoms with van der Waals surface area (Å²) < 4.78 is 44.9. The molecule has 0 fully saturated rings. The first kappa shape index (κ1) is 11.1. The van der Waals surface area contributed by atoms with E-state index >= 15 is 0 Å². The van der Waals surface area contributed by atoms with Crippen LogP contribution in [0.15, 0.2) is 11.5 Å². The molecule has 1 heterocycles. The van der Waals surface area contributed by atoms with Crippen molar-refractivity contribution in [2.24, 2.45) is 0 Å². The molecule has 1 aromatic rings. The molecule has 0 radical (unpaired) electrons. The molecule has 1 rings (SSSR count). The van der Waals surface area contributed by atoms with Crippen LogP contribution in [0.5, 0.6) is 0 Å². The molecule has 0 N–H and O–H groups in total. The molecule has 1 aromatic heterocycles. The van der Waals surface area contributed by atoms with Crippen LogP contribution in [0.1, 0.15) is 0 Å². The van der Waals surface area contributed by atoms with E-state index in [2.05, 4.69) is 10.1 Å². The lowest BCUT2D eigenvalue weighted by Crippen LogP contribution is -2.29. The maximum atomic E-state index is 11.4. The van der Waals surface area contributed by atoms with E-state index in [4.69, 9.17) is 0 Å². The van der Waals surface area contributed by atoms with Gasteiger partial charge in [-0.05, 0) is 0 Å². The molecule has 14 heavy (non-hydrogen) atoms. The fourth-order valence-electron chi connectivity index (χ4n) is 0.603. The molecule has 8 nitrogen and oxygen atoms in total. The number of aromatic nitrogens is 3. The first-order valence-electron chi connectivity index (χ1n) is 3.35. The smallest absolute Gasteiger partial charge is 0.223 e. The number of hydrogen-bond donors (Lipinski definition) is 1. The van der Waals surface area contributed by atoms with E-state index in [0.29, 0.717) is 4.09 Å². The Balaban J connectivity index is 3.23. The van der Waals surface area contributed by atoms with E-state index in [1.54, 1.807) is 0 Å². The second-order valence-electron chi connectivity index (χ2n) is 2.46. The Kier molecular flexibility index (Phi) is 2.87. The molecule has 0 unspecified atom stereocenters. The molecule has 0 bridgehead atoms. The van der Waals surface area contributed by atoms with E-state index in [1.807, 2.05) is 0 Å². The molecule has 80 valence electrons. The molecule has 0 spiro atoms. The minimum atomic E-state index is -3.78. The minimum absolute atomic E-state index is 0.494. The quantitative estimate of drug-likeness (QED) is 0.607. The van der Waals surface area contributed by atoms with Crippen LogP contribution in [-0.2, 0) is 20.9 Å². The lowest BCUT2D eigenvalue weighted by molar-refractivity contribution is 0.502. The van der Waals surface area contributed by atoms with E-state index < -0.39 is 26.1 Å². The van der Waals surface area contributed by atoms with Gasteiger partial charge in [0.25, 0.3) is 5.16 Å². The Morgan fingerprint density at radius 3 is 2.36 bits per heavy atom. The molecule has 0 atom stereocenters.